The van der Waals surface area contributed by atoms with Crippen molar-refractivity contribution in [2.75, 3.05) is 5.75 Å². The molecule has 0 aliphatic carbocycles. The lowest BCUT2D eigenvalue weighted by atomic mass is 10.0. The van der Waals surface area contributed by atoms with Gasteiger partial charge in [-0.2, -0.15) is 18.0 Å². The Balaban J connectivity index is 1.90. The highest BCUT2D eigenvalue weighted by molar-refractivity contribution is 7.89. The zero-order chi connectivity index (χ0) is 23.0. The molecule has 1 atom stereocenters. The van der Waals surface area contributed by atoms with Crippen molar-refractivity contribution in [3.05, 3.63) is 58.2 Å². The normalized spacial score (nSPS) is 14.4. The van der Waals surface area contributed by atoms with Crippen molar-refractivity contribution < 1.29 is 26.7 Å². The maximum absolute atomic E-state index is 13.2. The molecule has 2 aromatic heterocycles. The lowest BCUT2D eigenvalue weighted by Gasteiger charge is -2.21. The third kappa shape index (κ3) is 5.76. The number of nitrogens with two attached hydrogens (primary N) is 1. The minimum Gasteiger partial charge on any atom is -0.383 e. The van der Waals surface area contributed by atoms with Crippen LogP contribution in [-0.4, -0.2) is 44.5 Å². The number of aliphatic hydroxyl groups is 1. The van der Waals surface area contributed by atoms with Crippen molar-refractivity contribution in [3.8, 4) is 11.5 Å². The number of nitrogens with zero attached hydrogens (tertiary/aromatic N) is 5. The molecule has 31 heavy (non-hydrogen) atoms. The third-order valence-electron chi connectivity index (χ3n) is 4.15. The lowest BCUT2D eigenvalue weighted by molar-refractivity contribution is -0.138. The topological polar surface area (TPSA) is 137 Å². The Morgan fingerprint density at radius 2 is 1.94 bits per heavy atom. The van der Waals surface area contributed by atoms with Gasteiger partial charge in [-0.1, -0.05) is 17.7 Å². The minimum atomic E-state index is -4.59. The molecule has 14 heteroatoms. The van der Waals surface area contributed by atoms with E-state index in [2.05, 4.69) is 20.4 Å². The molecule has 3 N–H and O–H groups in total. The molecular formula is C17H16ClF3N6O3S. The summed E-state index contributed by atoms with van der Waals surface area (Å²) in [4.78, 5) is 5.08. The highest BCUT2D eigenvalue weighted by atomic mass is 35.5. The number of primary sulfonamides is 1. The van der Waals surface area contributed by atoms with Crippen molar-refractivity contribution >= 4 is 21.6 Å². The second-order valence-electron chi connectivity index (χ2n) is 6.93. The summed E-state index contributed by atoms with van der Waals surface area (Å²) < 4.78 is 62.4. The number of pyridine rings is 1. The number of sulfonamides is 1. The summed E-state index contributed by atoms with van der Waals surface area (Å²) in [6.45, 7) is 0.872. The van der Waals surface area contributed by atoms with E-state index in [9.17, 15) is 26.7 Å². The van der Waals surface area contributed by atoms with Crippen LogP contribution in [0.1, 0.15) is 23.7 Å². The monoisotopic (exact) mass is 476 g/mol. The minimum absolute atomic E-state index is 0.00965. The van der Waals surface area contributed by atoms with Crippen molar-refractivity contribution in [2.24, 2.45) is 5.14 Å². The number of halogens is 4. The fourth-order valence-electron chi connectivity index (χ4n) is 2.86. The van der Waals surface area contributed by atoms with E-state index in [0.717, 1.165) is 23.0 Å². The van der Waals surface area contributed by atoms with Gasteiger partial charge < -0.3 is 5.11 Å². The standard InChI is InChI=1S/C17H16ClF3N6O3S/c1-16(28,9-31(22,29)30)14-4-2-3-13(23-14)15-24-26-27(25-15)8-10-7-11(18)5-6-12(10)17(19,20)21/h2-7,28H,8-9H2,1H3,(H2,22,29,30). The Morgan fingerprint density at radius 3 is 2.58 bits per heavy atom. The van der Waals surface area contributed by atoms with Gasteiger partial charge in [0, 0.05) is 5.02 Å². The summed E-state index contributed by atoms with van der Waals surface area (Å²) in [5.41, 5.74) is -2.80. The van der Waals surface area contributed by atoms with Crippen LogP contribution in [-0.2, 0) is 28.3 Å². The molecule has 0 aliphatic rings. The Morgan fingerprint density at radius 1 is 1.23 bits per heavy atom. The molecule has 1 unspecified atom stereocenters. The van der Waals surface area contributed by atoms with Gasteiger partial charge in [-0.3, -0.25) is 0 Å². The van der Waals surface area contributed by atoms with E-state index in [1.807, 2.05) is 0 Å². The molecule has 1 aromatic carbocycles. The van der Waals surface area contributed by atoms with Crippen LogP contribution >= 0.6 is 11.6 Å². The van der Waals surface area contributed by atoms with E-state index >= 15 is 0 Å². The van der Waals surface area contributed by atoms with E-state index in [-0.39, 0.29) is 34.3 Å². The van der Waals surface area contributed by atoms with E-state index < -0.39 is 33.1 Å². The van der Waals surface area contributed by atoms with Crippen LogP contribution in [0.3, 0.4) is 0 Å². The van der Waals surface area contributed by atoms with Crippen LogP contribution in [0.4, 0.5) is 13.2 Å². The SMILES string of the molecule is CC(O)(CS(N)(=O)=O)c1cccc(-c2nnn(Cc3cc(Cl)ccc3C(F)(F)F)n2)n1. The van der Waals surface area contributed by atoms with Gasteiger partial charge >= 0.3 is 6.18 Å². The summed E-state index contributed by atoms with van der Waals surface area (Å²) in [7, 11) is -4.00. The fraction of sp³-hybridized carbons (Fsp3) is 0.294. The first-order valence-corrected chi connectivity index (χ1v) is 10.7. The summed E-state index contributed by atoms with van der Waals surface area (Å²) >= 11 is 5.82. The van der Waals surface area contributed by atoms with E-state index in [4.69, 9.17) is 16.7 Å². The Kier molecular flexibility index (Phi) is 6.06. The average Bonchev–Trinajstić information content (AvgIpc) is 3.07. The molecule has 166 valence electrons. The van der Waals surface area contributed by atoms with E-state index in [1.165, 1.54) is 25.1 Å². The number of alkyl halides is 3. The molecule has 0 radical (unpaired) electrons. The zero-order valence-corrected chi connectivity index (χ0v) is 17.4. The van der Waals surface area contributed by atoms with Crippen molar-refractivity contribution in [2.45, 2.75) is 25.2 Å². The largest absolute Gasteiger partial charge is 0.416 e. The Bertz CT molecular complexity index is 1210. The van der Waals surface area contributed by atoms with Gasteiger partial charge in [0.05, 0.1) is 23.6 Å². The first-order valence-electron chi connectivity index (χ1n) is 8.59. The van der Waals surface area contributed by atoms with Crippen LogP contribution in [0.2, 0.25) is 5.02 Å². The van der Waals surface area contributed by atoms with E-state index in [0.29, 0.717) is 0 Å². The lowest BCUT2D eigenvalue weighted by Crippen LogP contribution is -2.35. The van der Waals surface area contributed by atoms with Gasteiger partial charge in [0.25, 0.3) is 0 Å². The molecule has 0 spiro atoms. The molecule has 2 heterocycles. The van der Waals surface area contributed by atoms with Crippen molar-refractivity contribution in [1.82, 2.24) is 25.2 Å². The summed E-state index contributed by atoms with van der Waals surface area (Å²) in [6.07, 6.45) is -4.59. The van der Waals surface area contributed by atoms with Gasteiger partial charge in [0.2, 0.25) is 15.8 Å². The Labute approximate surface area is 179 Å². The first kappa shape index (κ1) is 23.1. The molecule has 0 aliphatic heterocycles. The van der Waals surface area contributed by atoms with Crippen LogP contribution in [0, 0.1) is 0 Å². The summed E-state index contributed by atoms with van der Waals surface area (Å²) in [5.74, 6) is -0.810. The highest BCUT2D eigenvalue weighted by Crippen LogP contribution is 2.33. The van der Waals surface area contributed by atoms with E-state index in [1.54, 1.807) is 0 Å². The van der Waals surface area contributed by atoms with Gasteiger partial charge in [0.1, 0.15) is 11.3 Å². The quantitative estimate of drug-likeness (QED) is 0.554. The fourth-order valence-corrected chi connectivity index (χ4v) is 3.99. The number of rotatable bonds is 6. The first-order chi connectivity index (χ1) is 14.2. The second kappa shape index (κ2) is 8.15. The highest BCUT2D eigenvalue weighted by Gasteiger charge is 2.34. The molecule has 0 saturated heterocycles. The van der Waals surface area contributed by atoms with Crippen molar-refractivity contribution in [1.29, 1.82) is 0 Å². The molecule has 3 rings (SSSR count). The number of aromatic nitrogens is 5. The molecule has 0 fully saturated rings. The summed E-state index contributed by atoms with van der Waals surface area (Å²) in [5, 5.41) is 27.1. The maximum atomic E-state index is 13.2. The smallest absolute Gasteiger partial charge is 0.383 e. The molecule has 3 aromatic rings. The number of tetrazole rings is 1. The number of benzene rings is 1. The molecule has 0 amide bonds. The molecule has 9 nitrogen and oxygen atoms in total. The maximum Gasteiger partial charge on any atom is 0.416 e. The predicted molar refractivity (Wildman–Crippen MR) is 104 cm³/mol. The third-order valence-corrected chi connectivity index (χ3v) is 5.35. The predicted octanol–water partition coefficient (Wildman–Crippen LogP) is 1.95. The molecule has 0 saturated carbocycles. The number of hydrogen-bond acceptors (Lipinski definition) is 7. The average molecular weight is 477 g/mol. The van der Waals surface area contributed by atoms with Crippen LogP contribution in [0.25, 0.3) is 11.5 Å². The van der Waals surface area contributed by atoms with Gasteiger partial charge in [0.15, 0.2) is 0 Å². The van der Waals surface area contributed by atoms with Crippen molar-refractivity contribution in [3.63, 3.8) is 0 Å². The summed E-state index contributed by atoms with van der Waals surface area (Å²) in [6, 6.07) is 7.51. The van der Waals surface area contributed by atoms with Crippen LogP contribution in [0.15, 0.2) is 36.4 Å². The number of hydrogen-bond donors (Lipinski definition) is 2. The van der Waals surface area contributed by atoms with Gasteiger partial charge in [-0.25, -0.2) is 18.5 Å². The van der Waals surface area contributed by atoms with Gasteiger partial charge in [-0.05, 0) is 48.0 Å². The van der Waals surface area contributed by atoms with Crippen LogP contribution < -0.4 is 5.14 Å². The Hall–Kier alpha value is -2.61. The second-order valence-corrected chi connectivity index (χ2v) is 8.98. The van der Waals surface area contributed by atoms with Crippen LogP contribution in [0.5, 0.6) is 0 Å². The zero-order valence-electron chi connectivity index (χ0n) is 15.9. The molecular weight excluding hydrogens is 461 g/mol. The molecule has 0 bridgehead atoms. The van der Waals surface area contributed by atoms with Gasteiger partial charge in [-0.15, -0.1) is 10.2 Å².